The summed E-state index contributed by atoms with van der Waals surface area (Å²) in [7, 11) is 0. The maximum atomic E-state index is 8.89. The molecule has 0 saturated carbocycles. The molecule has 0 aliphatic rings. The summed E-state index contributed by atoms with van der Waals surface area (Å²) < 4.78 is 0.804. The normalized spacial score (nSPS) is 13.5. The van der Waals surface area contributed by atoms with Crippen molar-refractivity contribution in [2.45, 2.75) is 19.8 Å². The molecule has 0 spiro atoms. The summed E-state index contributed by atoms with van der Waals surface area (Å²) in [5.41, 5.74) is 1.18. The highest BCUT2D eigenvalue weighted by molar-refractivity contribution is 7.16. The highest BCUT2D eigenvalue weighted by Crippen LogP contribution is 2.31. The van der Waals surface area contributed by atoms with E-state index in [1.165, 1.54) is 10.4 Å². The Morgan fingerprint density at radius 1 is 1.73 bits per heavy atom. The average Bonchev–Trinajstić information content (AvgIpc) is 2.28. The fourth-order valence-electron chi connectivity index (χ4n) is 1.03. The molecular formula is C8H11ClOS. The highest BCUT2D eigenvalue weighted by Gasteiger charge is 2.10. The molecule has 0 saturated heterocycles. The Morgan fingerprint density at radius 3 is 2.73 bits per heavy atom. The topological polar surface area (TPSA) is 20.2 Å². The first-order valence-corrected chi connectivity index (χ1v) is 4.71. The standard InChI is InChI=1S/C8H11ClOS/c1-5-3-7(9)11-8(5)6(2)4-10/h3,6,10H,4H2,1-2H3. The number of thiophene rings is 1. The van der Waals surface area contributed by atoms with Gasteiger partial charge in [0, 0.05) is 10.8 Å². The monoisotopic (exact) mass is 190 g/mol. The van der Waals surface area contributed by atoms with Crippen LogP contribution < -0.4 is 0 Å². The minimum Gasteiger partial charge on any atom is -0.396 e. The number of hydrogen-bond donors (Lipinski definition) is 1. The Bertz CT molecular complexity index is 244. The molecular weight excluding hydrogens is 180 g/mol. The molecule has 62 valence electrons. The van der Waals surface area contributed by atoms with Crippen molar-refractivity contribution in [3.63, 3.8) is 0 Å². The molecule has 0 radical (unpaired) electrons. The van der Waals surface area contributed by atoms with E-state index >= 15 is 0 Å². The number of aliphatic hydroxyl groups is 1. The summed E-state index contributed by atoms with van der Waals surface area (Å²) in [6, 6.07) is 1.94. The number of aryl methyl sites for hydroxylation is 1. The SMILES string of the molecule is Cc1cc(Cl)sc1C(C)CO. The van der Waals surface area contributed by atoms with Gasteiger partial charge in [-0.1, -0.05) is 18.5 Å². The molecule has 0 aromatic carbocycles. The third-order valence-electron chi connectivity index (χ3n) is 1.65. The number of hydrogen-bond acceptors (Lipinski definition) is 2. The molecule has 0 fully saturated rings. The van der Waals surface area contributed by atoms with E-state index in [1.54, 1.807) is 11.3 Å². The number of aliphatic hydroxyl groups excluding tert-OH is 1. The van der Waals surface area contributed by atoms with Crippen LogP contribution >= 0.6 is 22.9 Å². The van der Waals surface area contributed by atoms with E-state index in [0.717, 1.165) is 4.34 Å². The third-order valence-corrected chi connectivity index (χ3v) is 3.25. The highest BCUT2D eigenvalue weighted by atomic mass is 35.5. The van der Waals surface area contributed by atoms with Crippen molar-refractivity contribution in [1.82, 2.24) is 0 Å². The maximum absolute atomic E-state index is 8.89. The van der Waals surface area contributed by atoms with Crippen molar-refractivity contribution in [2.75, 3.05) is 6.61 Å². The minimum atomic E-state index is 0.192. The number of halogens is 1. The van der Waals surface area contributed by atoms with Crippen molar-refractivity contribution >= 4 is 22.9 Å². The van der Waals surface area contributed by atoms with Crippen LogP contribution in [-0.2, 0) is 0 Å². The second-order valence-corrected chi connectivity index (χ2v) is 4.40. The smallest absolute Gasteiger partial charge is 0.0934 e. The molecule has 0 aliphatic heterocycles. The molecule has 1 nitrogen and oxygen atoms in total. The second-order valence-electron chi connectivity index (χ2n) is 2.68. The Hall–Kier alpha value is -0.0500. The summed E-state index contributed by atoms with van der Waals surface area (Å²) in [6.45, 7) is 4.21. The molecule has 1 rings (SSSR count). The van der Waals surface area contributed by atoms with Gasteiger partial charge in [0.25, 0.3) is 0 Å². The Kier molecular flexibility index (Phi) is 2.93. The van der Waals surface area contributed by atoms with Crippen molar-refractivity contribution < 1.29 is 5.11 Å². The van der Waals surface area contributed by atoms with Crippen molar-refractivity contribution in [1.29, 1.82) is 0 Å². The van der Waals surface area contributed by atoms with Crippen LogP contribution in [0.5, 0.6) is 0 Å². The zero-order chi connectivity index (χ0) is 8.43. The molecule has 1 N–H and O–H groups in total. The van der Waals surface area contributed by atoms with Gasteiger partial charge in [0.15, 0.2) is 0 Å². The Labute approximate surface area is 75.6 Å². The molecule has 0 amide bonds. The molecule has 1 atom stereocenters. The van der Waals surface area contributed by atoms with E-state index in [2.05, 4.69) is 0 Å². The molecule has 1 unspecified atom stereocenters. The van der Waals surface area contributed by atoms with Crippen molar-refractivity contribution in [3.8, 4) is 0 Å². The molecule has 1 aromatic heterocycles. The first kappa shape index (κ1) is 9.04. The van der Waals surface area contributed by atoms with Crippen molar-refractivity contribution in [3.05, 3.63) is 20.8 Å². The van der Waals surface area contributed by atoms with Crippen LogP contribution in [0.1, 0.15) is 23.3 Å². The minimum absolute atomic E-state index is 0.192. The van der Waals surface area contributed by atoms with E-state index in [4.69, 9.17) is 16.7 Å². The van der Waals surface area contributed by atoms with Gasteiger partial charge in [-0.15, -0.1) is 11.3 Å². The first-order chi connectivity index (χ1) is 5.15. The van der Waals surface area contributed by atoms with Gasteiger partial charge in [-0.3, -0.25) is 0 Å². The van der Waals surface area contributed by atoms with Gasteiger partial charge in [-0.05, 0) is 18.6 Å². The lowest BCUT2D eigenvalue weighted by Gasteiger charge is -2.04. The van der Waals surface area contributed by atoms with Gasteiger partial charge in [0.05, 0.1) is 10.9 Å². The van der Waals surface area contributed by atoms with Gasteiger partial charge < -0.3 is 5.11 Å². The molecule has 0 bridgehead atoms. The summed E-state index contributed by atoms with van der Waals surface area (Å²) in [5, 5.41) is 8.89. The number of rotatable bonds is 2. The van der Waals surface area contributed by atoms with Gasteiger partial charge in [-0.25, -0.2) is 0 Å². The van der Waals surface area contributed by atoms with E-state index in [0.29, 0.717) is 0 Å². The summed E-state index contributed by atoms with van der Waals surface area (Å²) >= 11 is 7.36. The molecule has 3 heteroatoms. The van der Waals surface area contributed by atoms with Crippen LogP contribution in [0.15, 0.2) is 6.07 Å². The van der Waals surface area contributed by atoms with Crippen molar-refractivity contribution in [2.24, 2.45) is 0 Å². The zero-order valence-electron chi connectivity index (χ0n) is 6.60. The molecule has 1 aromatic rings. The lowest BCUT2D eigenvalue weighted by Crippen LogP contribution is -1.96. The van der Waals surface area contributed by atoms with Gasteiger partial charge >= 0.3 is 0 Å². The van der Waals surface area contributed by atoms with Crippen LogP contribution in [0.3, 0.4) is 0 Å². The lowest BCUT2D eigenvalue weighted by atomic mass is 10.1. The van der Waals surface area contributed by atoms with Crippen LogP contribution in [0.2, 0.25) is 4.34 Å². The van der Waals surface area contributed by atoms with E-state index in [-0.39, 0.29) is 12.5 Å². The quantitative estimate of drug-likeness (QED) is 0.761. The fraction of sp³-hybridized carbons (Fsp3) is 0.500. The average molecular weight is 191 g/mol. The van der Waals surface area contributed by atoms with Crippen LogP contribution in [0.4, 0.5) is 0 Å². The van der Waals surface area contributed by atoms with E-state index in [9.17, 15) is 0 Å². The Morgan fingerprint density at radius 2 is 2.36 bits per heavy atom. The maximum Gasteiger partial charge on any atom is 0.0934 e. The summed E-state index contributed by atoms with van der Waals surface area (Å²) in [6.07, 6.45) is 0. The van der Waals surface area contributed by atoms with Gasteiger partial charge in [0.1, 0.15) is 0 Å². The third kappa shape index (κ3) is 1.95. The molecule has 1 heterocycles. The Balaban J connectivity index is 2.93. The van der Waals surface area contributed by atoms with E-state index in [1.807, 2.05) is 19.9 Å². The second kappa shape index (κ2) is 3.57. The largest absolute Gasteiger partial charge is 0.396 e. The van der Waals surface area contributed by atoms with Crippen LogP contribution in [-0.4, -0.2) is 11.7 Å². The van der Waals surface area contributed by atoms with Gasteiger partial charge in [0.2, 0.25) is 0 Å². The zero-order valence-corrected chi connectivity index (χ0v) is 8.17. The molecule has 0 aliphatic carbocycles. The summed E-state index contributed by atoms with van der Waals surface area (Å²) in [4.78, 5) is 1.19. The van der Waals surface area contributed by atoms with E-state index < -0.39 is 0 Å². The lowest BCUT2D eigenvalue weighted by molar-refractivity contribution is 0.274. The predicted octanol–water partition coefficient (Wildman–Crippen LogP) is 2.81. The first-order valence-electron chi connectivity index (χ1n) is 3.52. The fourth-order valence-corrected chi connectivity index (χ4v) is 2.38. The van der Waals surface area contributed by atoms with Crippen LogP contribution in [0, 0.1) is 6.92 Å². The predicted molar refractivity (Wildman–Crippen MR) is 49.6 cm³/mol. The van der Waals surface area contributed by atoms with Gasteiger partial charge in [-0.2, -0.15) is 0 Å². The molecule has 11 heavy (non-hydrogen) atoms. The summed E-state index contributed by atoms with van der Waals surface area (Å²) in [5.74, 6) is 0.215. The van der Waals surface area contributed by atoms with Crippen LogP contribution in [0.25, 0.3) is 0 Å².